The standard InChI is InChI=1S/C22H22FN3O2S/c23-16-6-8-17(9-7-16)29(27,28)26-20-3-1-2-19-18(20)10-11-22(24-19)25-21-13-14-4-5-15(21)12-14/h1-3,6-11,14-15,21,26H,4-5,12-13H2,(H,24,25). The Balaban J connectivity index is 1.41. The number of hydrogen-bond acceptors (Lipinski definition) is 4. The second-order valence-electron chi connectivity index (χ2n) is 8.05. The van der Waals surface area contributed by atoms with Crippen LogP contribution in [0.5, 0.6) is 0 Å². The lowest BCUT2D eigenvalue weighted by atomic mass is 9.95. The van der Waals surface area contributed by atoms with Crippen LogP contribution < -0.4 is 10.0 Å². The Hall–Kier alpha value is -2.67. The molecule has 150 valence electrons. The molecule has 7 heteroatoms. The van der Waals surface area contributed by atoms with Crippen LogP contribution >= 0.6 is 0 Å². The zero-order valence-corrected chi connectivity index (χ0v) is 16.6. The molecule has 2 fully saturated rings. The Labute approximate surface area is 169 Å². The fourth-order valence-corrected chi connectivity index (χ4v) is 5.83. The largest absolute Gasteiger partial charge is 0.367 e. The second kappa shape index (κ2) is 6.99. The highest BCUT2D eigenvalue weighted by Gasteiger charge is 2.39. The summed E-state index contributed by atoms with van der Waals surface area (Å²) >= 11 is 0. The molecule has 2 N–H and O–H groups in total. The molecule has 0 radical (unpaired) electrons. The number of fused-ring (bicyclic) bond motifs is 3. The van der Waals surface area contributed by atoms with E-state index in [0.717, 1.165) is 40.7 Å². The number of benzene rings is 2. The molecule has 0 saturated heterocycles. The van der Waals surface area contributed by atoms with Crippen LogP contribution in [0.25, 0.3) is 10.9 Å². The van der Waals surface area contributed by atoms with E-state index in [0.29, 0.717) is 11.7 Å². The summed E-state index contributed by atoms with van der Waals surface area (Å²) in [6, 6.07) is 14.4. The van der Waals surface area contributed by atoms with Gasteiger partial charge in [0.25, 0.3) is 10.0 Å². The number of hydrogen-bond donors (Lipinski definition) is 2. The van der Waals surface area contributed by atoms with E-state index in [1.165, 1.54) is 37.8 Å². The van der Waals surface area contributed by atoms with E-state index in [1.807, 2.05) is 18.2 Å². The minimum Gasteiger partial charge on any atom is -0.367 e. The van der Waals surface area contributed by atoms with E-state index >= 15 is 0 Å². The normalized spacial score (nSPS) is 23.4. The number of rotatable bonds is 5. The first-order valence-electron chi connectivity index (χ1n) is 9.93. The van der Waals surface area contributed by atoms with Gasteiger partial charge in [0.15, 0.2) is 0 Å². The van der Waals surface area contributed by atoms with Gasteiger partial charge in [0.05, 0.1) is 16.1 Å². The van der Waals surface area contributed by atoms with E-state index in [9.17, 15) is 12.8 Å². The Morgan fingerprint density at radius 3 is 2.52 bits per heavy atom. The zero-order chi connectivity index (χ0) is 20.0. The third-order valence-electron chi connectivity index (χ3n) is 6.17. The third-order valence-corrected chi connectivity index (χ3v) is 7.55. The third kappa shape index (κ3) is 3.55. The summed E-state index contributed by atoms with van der Waals surface area (Å²) in [7, 11) is -3.82. The van der Waals surface area contributed by atoms with Crippen molar-refractivity contribution >= 4 is 32.4 Å². The summed E-state index contributed by atoms with van der Waals surface area (Å²) in [6.45, 7) is 0. The molecule has 1 aromatic heterocycles. The summed E-state index contributed by atoms with van der Waals surface area (Å²) < 4.78 is 41.0. The maximum absolute atomic E-state index is 13.1. The van der Waals surface area contributed by atoms with Gasteiger partial charge in [0, 0.05) is 11.4 Å². The molecule has 3 aromatic rings. The molecule has 2 aliphatic rings. The van der Waals surface area contributed by atoms with Gasteiger partial charge in [0.2, 0.25) is 0 Å². The number of aromatic nitrogens is 1. The van der Waals surface area contributed by atoms with Gasteiger partial charge in [-0.2, -0.15) is 0 Å². The van der Waals surface area contributed by atoms with Crippen molar-refractivity contribution in [2.45, 2.75) is 36.6 Å². The topological polar surface area (TPSA) is 71.1 Å². The highest BCUT2D eigenvalue weighted by atomic mass is 32.2. The summed E-state index contributed by atoms with van der Waals surface area (Å²) in [5.74, 6) is 1.94. The highest BCUT2D eigenvalue weighted by molar-refractivity contribution is 7.92. The first-order chi connectivity index (χ1) is 14.0. The molecule has 2 saturated carbocycles. The maximum atomic E-state index is 13.1. The quantitative estimate of drug-likeness (QED) is 0.634. The van der Waals surface area contributed by atoms with Crippen molar-refractivity contribution in [2.24, 2.45) is 11.8 Å². The SMILES string of the molecule is O=S(=O)(Nc1cccc2nc(NC3CC4CCC3C4)ccc12)c1ccc(F)cc1. The number of nitrogens with one attached hydrogen (secondary N) is 2. The van der Waals surface area contributed by atoms with Crippen molar-refractivity contribution in [2.75, 3.05) is 10.0 Å². The van der Waals surface area contributed by atoms with E-state index < -0.39 is 15.8 Å². The molecule has 0 spiro atoms. The lowest BCUT2D eigenvalue weighted by Gasteiger charge is -2.23. The minimum atomic E-state index is -3.82. The number of pyridine rings is 1. The second-order valence-corrected chi connectivity index (χ2v) is 9.74. The summed E-state index contributed by atoms with van der Waals surface area (Å²) in [5, 5.41) is 4.30. The monoisotopic (exact) mass is 411 g/mol. The van der Waals surface area contributed by atoms with Crippen molar-refractivity contribution in [1.29, 1.82) is 0 Å². The van der Waals surface area contributed by atoms with Gasteiger partial charge in [-0.15, -0.1) is 0 Å². The van der Waals surface area contributed by atoms with Gasteiger partial charge in [-0.3, -0.25) is 4.72 Å². The van der Waals surface area contributed by atoms with Crippen molar-refractivity contribution in [3.63, 3.8) is 0 Å². The van der Waals surface area contributed by atoms with Crippen molar-refractivity contribution in [1.82, 2.24) is 4.98 Å². The molecule has 0 aliphatic heterocycles. The lowest BCUT2D eigenvalue weighted by Crippen LogP contribution is -2.26. The van der Waals surface area contributed by atoms with Crippen molar-refractivity contribution < 1.29 is 12.8 Å². The zero-order valence-electron chi connectivity index (χ0n) is 15.8. The molecule has 1 heterocycles. The summed E-state index contributed by atoms with van der Waals surface area (Å²) in [4.78, 5) is 4.71. The molecule has 5 rings (SSSR count). The van der Waals surface area contributed by atoms with Gasteiger partial charge in [-0.25, -0.2) is 17.8 Å². The van der Waals surface area contributed by atoms with Crippen LogP contribution in [-0.2, 0) is 10.0 Å². The van der Waals surface area contributed by atoms with E-state index in [4.69, 9.17) is 4.98 Å². The van der Waals surface area contributed by atoms with Gasteiger partial charge < -0.3 is 5.32 Å². The Morgan fingerprint density at radius 2 is 1.79 bits per heavy atom. The minimum absolute atomic E-state index is 0.0124. The number of halogens is 1. The van der Waals surface area contributed by atoms with Crippen LogP contribution in [0.4, 0.5) is 15.9 Å². The molecule has 3 atom stereocenters. The fourth-order valence-electron chi connectivity index (χ4n) is 4.75. The average molecular weight is 412 g/mol. The van der Waals surface area contributed by atoms with Crippen molar-refractivity contribution in [3.8, 4) is 0 Å². The predicted octanol–water partition coefficient (Wildman–Crippen LogP) is 4.78. The summed E-state index contributed by atoms with van der Waals surface area (Å²) in [6.07, 6.45) is 5.18. The molecular weight excluding hydrogens is 389 g/mol. The molecule has 29 heavy (non-hydrogen) atoms. The van der Waals surface area contributed by atoms with Crippen LogP contribution in [0.2, 0.25) is 0 Å². The smallest absolute Gasteiger partial charge is 0.261 e. The molecule has 2 bridgehead atoms. The van der Waals surface area contributed by atoms with Crippen LogP contribution in [-0.4, -0.2) is 19.4 Å². The van der Waals surface area contributed by atoms with E-state index in [2.05, 4.69) is 10.0 Å². The average Bonchev–Trinajstić information content (AvgIpc) is 3.31. The molecule has 0 amide bonds. The molecule has 2 aliphatic carbocycles. The van der Waals surface area contributed by atoms with Crippen LogP contribution in [0, 0.1) is 17.7 Å². The first kappa shape index (κ1) is 18.4. The predicted molar refractivity (Wildman–Crippen MR) is 112 cm³/mol. The van der Waals surface area contributed by atoms with Gasteiger partial charge in [-0.1, -0.05) is 12.5 Å². The van der Waals surface area contributed by atoms with Crippen LogP contribution in [0.15, 0.2) is 59.5 Å². The Morgan fingerprint density at radius 1 is 0.966 bits per heavy atom. The molecule has 5 nitrogen and oxygen atoms in total. The Bertz CT molecular complexity index is 1160. The molecule has 3 unspecified atom stereocenters. The lowest BCUT2D eigenvalue weighted by molar-refractivity contribution is 0.439. The number of nitrogens with zero attached hydrogens (tertiary/aromatic N) is 1. The Kier molecular flexibility index (Phi) is 4.42. The fraction of sp³-hybridized carbons (Fsp3) is 0.318. The number of anilines is 2. The van der Waals surface area contributed by atoms with Crippen LogP contribution in [0.1, 0.15) is 25.7 Å². The first-order valence-corrected chi connectivity index (χ1v) is 11.4. The van der Waals surface area contributed by atoms with E-state index in [1.54, 1.807) is 12.1 Å². The van der Waals surface area contributed by atoms with Gasteiger partial charge in [0.1, 0.15) is 11.6 Å². The van der Waals surface area contributed by atoms with Gasteiger partial charge >= 0.3 is 0 Å². The van der Waals surface area contributed by atoms with Crippen molar-refractivity contribution in [3.05, 3.63) is 60.4 Å². The van der Waals surface area contributed by atoms with Crippen LogP contribution in [0.3, 0.4) is 0 Å². The maximum Gasteiger partial charge on any atom is 0.261 e. The number of sulfonamides is 1. The molecule has 2 aromatic carbocycles. The molecular formula is C22H22FN3O2S. The summed E-state index contributed by atoms with van der Waals surface area (Å²) in [5.41, 5.74) is 1.17. The van der Waals surface area contributed by atoms with Gasteiger partial charge in [-0.05, 0) is 79.6 Å². The van der Waals surface area contributed by atoms with E-state index in [-0.39, 0.29) is 4.90 Å². The highest BCUT2D eigenvalue weighted by Crippen LogP contribution is 2.45.